The number of carbonyl (C=O) groups excluding carboxylic acids is 1. The highest BCUT2D eigenvalue weighted by molar-refractivity contribution is 7.86. The summed E-state index contributed by atoms with van der Waals surface area (Å²) in [5.41, 5.74) is 0.446. The van der Waals surface area contributed by atoms with Crippen molar-refractivity contribution in [3.63, 3.8) is 0 Å². The summed E-state index contributed by atoms with van der Waals surface area (Å²) in [5, 5.41) is 0. The number of hydrogen-bond acceptors (Lipinski definition) is 4. The molecule has 0 heterocycles. The molecule has 0 spiro atoms. The summed E-state index contributed by atoms with van der Waals surface area (Å²) in [4.78, 5) is 12.9. The maximum absolute atomic E-state index is 11.8. The Hall–Kier alpha value is -1.40. The predicted octanol–water partition coefficient (Wildman–Crippen LogP) is 1.08. The van der Waals surface area contributed by atoms with Crippen LogP contribution < -0.4 is 0 Å². The number of rotatable bonds is 5. The van der Waals surface area contributed by atoms with Gasteiger partial charge in [0, 0.05) is 12.6 Å². The molecule has 0 atom stereocenters. The first kappa shape index (κ1) is 13.7. The van der Waals surface area contributed by atoms with Crippen LogP contribution in [0.4, 0.5) is 0 Å². The molecule has 0 aliphatic carbocycles. The molecule has 0 saturated carbocycles. The molecule has 0 bridgehead atoms. The van der Waals surface area contributed by atoms with Gasteiger partial charge in [-0.05, 0) is 19.1 Å². The SMILES string of the molecule is CCOS(=O)(=O)CN(C)C(=O)c1ccccc1. The largest absolute Gasteiger partial charge is 0.325 e. The van der Waals surface area contributed by atoms with Gasteiger partial charge in [-0.15, -0.1) is 0 Å². The Balaban J connectivity index is 2.72. The number of hydrogen-bond donors (Lipinski definition) is 0. The Bertz CT molecular complexity index is 470. The van der Waals surface area contributed by atoms with Crippen molar-refractivity contribution in [3.05, 3.63) is 35.9 Å². The van der Waals surface area contributed by atoms with Gasteiger partial charge in [0.1, 0.15) is 5.88 Å². The van der Waals surface area contributed by atoms with E-state index in [1.54, 1.807) is 37.3 Å². The van der Waals surface area contributed by atoms with Gasteiger partial charge in [-0.1, -0.05) is 18.2 Å². The summed E-state index contributed by atoms with van der Waals surface area (Å²) in [6.45, 7) is 1.65. The van der Waals surface area contributed by atoms with E-state index in [1.165, 1.54) is 7.05 Å². The van der Waals surface area contributed by atoms with Crippen LogP contribution in [0.2, 0.25) is 0 Å². The molecule has 0 aromatic heterocycles. The standard InChI is InChI=1S/C11H15NO4S/c1-3-16-17(14,15)9-12(2)11(13)10-7-5-4-6-8-10/h4-8H,3,9H2,1-2H3. The van der Waals surface area contributed by atoms with Crippen LogP contribution >= 0.6 is 0 Å². The van der Waals surface area contributed by atoms with Crippen molar-refractivity contribution < 1.29 is 17.4 Å². The fourth-order valence-electron chi connectivity index (χ4n) is 1.31. The zero-order valence-electron chi connectivity index (χ0n) is 9.79. The lowest BCUT2D eigenvalue weighted by Crippen LogP contribution is -2.32. The minimum atomic E-state index is -3.68. The molecule has 5 nitrogen and oxygen atoms in total. The monoisotopic (exact) mass is 257 g/mol. The van der Waals surface area contributed by atoms with Crippen LogP contribution in [0.1, 0.15) is 17.3 Å². The molecule has 0 fully saturated rings. The molecule has 94 valence electrons. The molecule has 17 heavy (non-hydrogen) atoms. The fraction of sp³-hybridized carbons (Fsp3) is 0.364. The van der Waals surface area contributed by atoms with Crippen LogP contribution in [0.15, 0.2) is 30.3 Å². The third-order valence-electron chi connectivity index (χ3n) is 2.02. The quantitative estimate of drug-likeness (QED) is 0.740. The normalized spacial score (nSPS) is 11.2. The van der Waals surface area contributed by atoms with E-state index in [0.717, 1.165) is 4.90 Å². The summed E-state index contributed by atoms with van der Waals surface area (Å²) in [7, 11) is -2.26. The lowest BCUT2D eigenvalue weighted by molar-refractivity contribution is 0.0813. The lowest BCUT2D eigenvalue weighted by atomic mass is 10.2. The Morgan fingerprint density at radius 2 is 1.88 bits per heavy atom. The fourth-order valence-corrected chi connectivity index (χ4v) is 2.34. The molecule has 0 radical (unpaired) electrons. The molecule has 1 aromatic rings. The summed E-state index contributed by atoms with van der Waals surface area (Å²) < 4.78 is 27.3. The number of benzene rings is 1. The Morgan fingerprint density at radius 1 is 1.29 bits per heavy atom. The van der Waals surface area contributed by atoms with Crippen LogP contribution in [0.5, 0.6) is 0 Å². The highest BCUT2D eigenvalue weighted by atomic mass is 32.2. The van der Waals surface area contributed by atoms with Gasteiger partial charge < -0.3 is 4.90 Å². The summed E-state index contributed by atoms with van der Waals surface area (Å²) in [6.07, 6.45) is 0. The van der Waals surface area contributed by atoms with E-state index in [4.69, 9.17) is 0 Å². The van der Waals surface area contributed by atoms with Crippen molar-refractivity contribution >= 4 is 16.0 Å². The molecule has 0 N–H and O–H groups in total. The van der Waals surface area contributed by atoms with Crippen molar-refractivity contribution in [2.45, 2.75) is 6.92 Å². The topological polar surface area (TPSA) is 63.7 Å². The second-order valence-electron chi connectivity index (χ2n) is 3.46. The molecular weight excluding hydrogens is 242 g/mol. The second-order valence-corrected chi connectivity index (χ2v) is 5.07. The maximum atomic E-state index is 11.8. The van der Waals surface area contributed by atoms with Gasteiger partial charge in [0.2, 0.25) is 0 Å². The first-order valence-corrected chi connectivity index (χ1v) is 6.71. The van der Waals surface area contributed by atoms with Crippen molar-refractivity contribution in [1.82, 2.24) is 4.90 Å². The molecule has 1 amide bonds. The molecular formula is C11H15NO4S. The molecule has 6 heteroatoms. The van der Waals surface area contributed by atoms with E-state index >= 15 is 0 Å². The van der Waals surface area contributed by atoms with Crippen LogP contribution in [-0.2, 0) is 14.3 Å². The van der Waals surface area contributed by atoms with E-state index in [1.807, 2.05) is 0 Å². The molecule has 1 rings (SSSR count). The molecule has 0 unspecified atom stereocenters. The van der Waals surface area contributed by atoms with Crippen molar-refractivity contribution in [3.8, 4) is 0 Å². The predicted molar refractivity (Wildman–Crippen MR) is 63.9 cm³/mol. The van der Waals surface area contributed by atoms with E-state index in [9.17, 15) is 13.2 Å². The van der Waals surface area contributed by atoms with Crippen molar-refractivity contribution in [2.75, 3.05) is 19.5 Å². The van der Waals surface area contributed by atoms with Crippen LogP contribution in [0.25, 0.3) is 0 Å². The number of nitrogens with zero attached hydrogens (tertiary/aromatic N) is 1. The van der Waals surface area contributed by atoms with Gasteiger partial charge >= 0.3 is 0 Å². The van der Waals surface area contributed by atoms with Gasteiger partial charge in [0.05, 0.1) is 6.61 Å². The first-order chi connectivity index (χ1) is 7.96. The van der Waals surface area contributed by atoms with Crippen LogP contribution in [-0.4, -0.2) is 38.8 Å². The van der Waals surface area contributed by atoms with Gasteiger partial charge in [0.25, 0.3) is 16.0 Å². The Labute approximate surface area is 101 Å². The van der Waals surface area contributed by atoms with Gasteiger partial charge in [-0.25, -0.2) is 0 Å². The zero-order chi connectivity index (χ0) is 12.9. The molecule has 1 aromatic carbocycles. The van der Waals surface area contributed by atoms with Crippen molar-refractivity contribution in [2.24, 2.45) is 0 Å². The van der Waals surface area contributed by atoms with E-state index in [2.05, 4.69) is 4.18 Å². The minimum absolute atomic E-state index is 0.0652. The van der Waals surface area contributed by atoms with Crippen LogP contribution in [0, 0.1) is 0 Å². The lowest BCUT2D eigenvalue weighted by Gasteiger charge is -2.16. The second kappa shape index (κ2) is 5.79. The smallest absolute Gasteiger partial charge is 0.285 e. The summed E-state index contributed by atoms with van der Waals surface area (Å²) in [6, 6.07) is 8.49. The molecule has 0 aliphatic rings. The highest BCUT2D eigenvalue weighted by Crippen LogP contribution is 2.05. The average Bonchev–Trinajstić information content (AvgIpc) is 2.28. The minimum Gasteiger partial charge on any atom is -0.325 e. The van der Waals surface area contributed by atoms with E-state index in [0.29, 0.717) is 5.56 Å². The van der Waals surface area contributed by atoms with Crippen LogP contribution in [0.3, 0.4) is 0 Å². The van der Waals surface area contributed by atoms with E-state index < -0.39 is 16.0 Å². The first-order valence-electron chi connectivity index (χ1n) is 5.14. The summed E-state index contributed by atoms with van der Waals surface area (Å²) >= 11 is 0. The van der Waals surface area contributed by atoms with Gasteiger partial charge in [-0.2, -0.15) is 8.42 Å². The Kier molecular flexibility index (Phi) is 4.65. The number of carbonyl (C=O) groups is 1. The third-order valence-corrected chi connectivity index (χ3v) is 3.31. The zero-order valence-corrected chi connectivity index (χ0v) is 10.6. The van der Waals surface area contributed by atoms with Crippen molar-refractivity contribution in [1.29, 1.82) is 0 Å². The average molecular weight is 257 g/mol. The van der Waals surface area contributed by atoms with Gasteiger partial charge in [-0.3, -0.25) is 8.98 Å². The summed E-state index contributed by atoms with van der Waals surface area (Å²) in [5.74, 6) is -0.803. The highest BCUT2D eigenvalue weighted by Gasteiger charge is 2.19. The molecule has 0 saturated heterocycles. The maximum Gasteiger partial charge on any atom is 0.285 e. The Morgan fingerprint density at radius 3 is 2.41 bits per heavy atom. The van der Waals surface area contributed by atoms with E-state index in [-0.39, 0.29) is 12.5 Å². The third kappa shape index (κ3) is 4.16. The molecule has 0 aliphatic heterocycles. The number of amides is 1. The van der Waals surface area contributed by atoms with Gasteiger partial charge in [0.15, 0.2) is 0 Å².